The molecule has 2 N–H and O–H groups in total. The molecule has 1 aromatic heterocycles. The van der Waals surface area contributed by atoms with E-state index < -0.39 is 0 Å². The number of aromatic nitrogens is 1. The zero-order valence-electron chi connectivity index (χ0n) is 16.4. The summed E-state index contributed by atoms with van der Waals surface area (Å²) < 4.78 is 24.0. The summed E-state index contributed by atoms with van der Waals surface area (Å²) in [4.78, 5) is 8.44. The molecular formula is C22H23FN4O2. The molecule has 0 amide bonds. The van der Waals surface area contributed by atoms with Crippen LogP contribution in [0.25, 0.3) is 0 Å². The Balaban J connectivity index is 1.56. The van der Waals surface area contributed by atoms with E-state index in [4.69, 9.17) is 9.47 Å². The zero-order valence-corrected chi connectivity index (χ0v) is 16.4. The molecule has 3 aromatic rings. The van der Waals surface area contributed by atoms with Gasteiger partial charge in [-0.2, -0.15) is 0 Å². The van der Waals surface area contributed by atoms with Gasteiger partial charge in [0.1, 0.15) is 17.3 Å². The summed E-state index contributed by atoms with van der Waals surface area (Å²) in [6.07, 6.45) is 1.67. The molecule has 0 unspecified atom stereocenters. The Morgan fingerprint density at radius 1 is 1.03 bits per heavy atom. The van der Waals surface area contributed by atoms with Crippen molar-refractivity contribution >= 4 is 5.96 Å². The third-order valence-corrected chi connectivity index (χ3v) is 4.16. The molecule has 29 heavy (non-hydrogen) atoms. The largest absolute Gasteiger partial charge is 0.496 e. The molecule has 150 valence electrons. The highest BCUT2D eigenvalue weighted by Crippen LogP contribution is 2.20. The lowest BCUT2D eigenvalue weighted by Crippen LogP contribution is -2.36. The number of hydrogen-bond donors (Lipinski definition) is 2. The summed E-state index contributed by atoms with van der Waals surface area (Å²) in [7, 11) is 3.37. The SMILES string of the molecule is CN=C(NCc1ccnc(Oc2ccc(F)cc2)c1)NCc1ccccc1OC. The molecule has 1 heterocycles. The lowest BCUT2D eigenvalue weighted by atomic mass is 10.2. The number of rotatable bonds is 7. The van der Waals surface area contributed by atoms with Gasteiger partial charge >= 0.3 is 0 Å². The van der Waals surface area contributed by atoms with Crippen molar-refractivity contribution in [2.45, 2.75) is 13.1 Å². The average Bonchev–Trinajstić information content (AvgIpc) is 2.76. The Kier molecular flexibility index (Phi) is 7.00. The first-order chi connectivity index (χ1) is 14.2. The Bertz CT molecular complexity index is 961. The molecule has 0 saturated carbocycles. The number of pyridine rings is 1. The van der Waals surface area contributed by atoms with Crippen molar-refractivity contribution in [2.24, 2.45) is 4.99 Å². The summed E-state index contributed by atoms with van der Waals surface area (Å²) in [5.41, 5.74) is 2.01. The van der Waals surface area contributed by atoms with Gasteiger partial charge in [-0.25, -0.2) is 9.37 Å². The quantitative estimate of drug-likeness (QED) is 0.470. The van der Waals surface area contributed by atoms with Gasteiger partial charge in [0.2, 0.25) is 5.88 Å². The van der Waals surface area contributed by atoms with E-state index in [9.17, 15) is 4.39 Å². The number of hydrogen-bond acceptors (Lipinski definition) is 4. The number of nitrogens with zero attached hydrogens (tertiary/aromatic N) is 2. The molecule has 0 atom stereocenters. The molecule has 0 bridgehead atoms. The number of aliphatic imine (C=N–C) groups is 1. The first-order valence-electron chi connectivity index (χ1n) is 9.12. The molecule has 0 fully saturated rings. The van der Waals surface area contributed by atoms with E-state index in [1.165, 1.54) is 12.1 Å². The van der Waals surface area contributed by atoms with Gasteiger partial charge < -0.3 is 20.1 Å². The van der Waals surface area contributed by atoms with Crippen molar-refractivity contribution < 1.29 is 13.9 Å². The fraction of sp³-hybridized carbons (Fsp3) is 0.182. The molecule has 0 aliphatic carbocycles. The van der Waals surface area contributed by atoms with E-state index >= 15 is 0 Å². The van der Waals surface area contributed by atoms with Crippen LogP contribution in [0.3, 0.4) is 0 Å². The van der Waals surface area contributed by atoms with E-state index in [2.05, 4.69) is 20.6 Å². The van der Waals surface area contributed by atoms with Gasteiger partial charge in [0.25, 0.3) is 0 Å². The topological polar surface area (TPSA) is 67.8 Å². The van der Waals surface area contributed by atoms with Gasteiger partial charge in [-0.15, -0.1) is 0 Å². The Labute approximate surface area is 169 Å². The molecule has 0 aliphatic heterocycles. The van der Waals surface area contributed by atoms with Crippen molar-refractivity contribution in [1.29, 1.82) is 0 Å². The van der Waals surface area contributed by atoms with Crippen LogP contribution in [0.4, 0.5) is 4.39 Å². The van der Waals surface area contributed by atoms with Crippen LogP contribution in [0.15, 0.2) is 71.9 Å². The highest BCUT2D eigenvalue weighted by Gasteiger charge is 2.05. The third kappa shape index (κ3) is 5.93. The van der Waals surface area contributed by atoms with E-state index in [1.807, 2.05) is 36.4 Å². The number of guanidine groups is 1. The van der Waals surface area contributed by atoms with Crippen LogP contribution in [0.1, 0.15) is 11.1 Å². The maximum atomic E-state index is 13.0. The molecule has 0 spiro atoms. The second kappa shape index (κ2) is 10.1. The molecule has 3 rings (SSSR count). The van der Waals surface area contributed by atoms with E-state index in [0.717, 1.165) is 16.9 Å². The summed E-state index contributed by atoms with van der Waals surface area (Å²) >= 11 is 0. The smallest absolute Gasteiger partial charge is 0.219 e. The third-order valence-electron chi connectivity index (χ3n) is 4.16. The fourth-order valence-electron chi connectivity index (χ4n) is 2.67. The summed E-state index contributed by atoms with van der Waals surface area (Å²) in [5, 5.41) is 6.52. The van der Waals surface area contributed by atoms with Crippen LogP contribution in [-0.2, 0) is 13.1 Å². The van der Waals surface area contributed by atoms with Gasteiger partial charge in [0, 0.05) is 38.0 Å². The Morgan fingerprint density at radius 3 is 2.55 bits per heavy atom. The minimum atomic E-state index is -0.310. The van der Waals surface area contributed by atoms with Crippen LogP contribution in [-0.4, -0.2) is 25.1 Å². The Morgan fingerprint density at radius 2 is 1.79 bits per heavy atom. The highest BCUT2D eigenvalue weighted by molar-refractivity contribution is 5.79. The number of halogens is 1. The summed E-state index contributed by atoms with van der Waals surface area (Å²) in [6, 6.07) is 17.4. The second-order valence-electron chi connectivity index (χ2n) is 6.15. The van der Waals surface area contributed by atoms with Gasteiger partial charge in [0.05, 0.1) is 7.11 Å². The van der Waals surface area contributed by atoms with E-state index in [-0.39, 0.29) is 5.82 Å². The highest BCUT2D eigenvalue weighted by atomic mass is 19.1. The Hall–Kier alpha value is -3.61. The van der Waals surface area contributed by atoms with Crippen molar-refractivity contribution in [2.75, 3.05) is 14.2 Å². The van der Waals surface area contributed by atoms with Crippen molar-refractivity contribution in [1.82, 2.24) is 15.6 Å². The van der Waals surface area contributed by atoms with Crippen LogP contribution >= 0.6 is 0 Å². The van der Waals surface area contributed by atoms with Gasteiger partial charge in [-0.05, 0) is 42.0 Å². The zero-order chi connectivity index (χ0) is 20.5. The monoisotopic (exact) mass is 394 g/mol. The van der Waals surface area contributed by atoms with Crippen LogP contribution in [0.2, 0.25) is 0 Å². The van der Waals surface area contributed by atoms with Gasteiger partial charge in [0.15, 0.2) is 5.96 Å². The number of nitrogens with one attached hydrogen (secondary N) is 2. The number of benzene rings is 2. The second-order valence-corrected chi connectivity index (χ2v) is 6.15. The number of para-hydroxylation sites is 1. The lowest BCUT2D eigenvalue weighted by molar-refractivity contribution is 0.409. The maximum absolute atomic E-state index is 13.0. The molecule has 0 radical (unpaired) electrons. The molecule has 6 nitrogen and oxygen atoms in total. The van der Waals surface area contributed by atoms with Crippen LogP contribution in [0, 0.1) is 5.82 Å². The minimum Gasteiger partial charge on any atom is -0.496 e. The average molecular weight is 394 g/mol. The maximum Gasteiger partial charge on any atom is 0.219 e. The number of ether oxygens (including phenoxy) is 2. The van der Waals surface area contributed by atoms with E-state index in [1.54, 1.807) is 32.5 Å². The predicted molar refractivity (Wildman–Crippen MR) is 111 cm³/mol. The minimum absolute atomic E-state index is 0.310. The van der Waals surface area contributed by atoms with E-state index in [0.29, 0.717) is 30.7 Å². The molecule has 0 aliphatic rings. The standard InChI is InChI=1S/C22H23FN4O2/c1-24-22(27-15-17-5-3-4-6-20(17)28-2)26-14-16-11-12-25-21(13-16)29-19-9-7-18(23)8-10-19/h3-13H,14-15H2,1-2H3,(H2,24,26,27). The molecular weight excluding hydrogens is 371 g/mol. The van der Waals surface area contributed by atoms with Crippen molar-refractivity contribution in [3.63, 3.8) is 0 Å². The van der Waals surface area contributed by atoms with Crippen molar-refractivity contribution in [3.8, 4) is 17.4 Å². The van der Waals surface area contributed by atoms with Gasteiger partial charge in [-0.1, -0.05) is 18.2 Å². The normalized spacial score (nSPS) is 11.1. The molecule has 2 aromatic carbocycles. The van der Waals surface area contributed by atoms with Crippen LogP contribution < -0.4 is 20.1 Å². The first-order valence-corrected chi connectivity index (χ1v) is 9.12. The summed E-state index contributed by atoms with van der Waals surface area (Å²) in [5.74, 6) is 2.14. The predicted octanol–water partition coefficient (Wildman–Crippen LogP) is 3.89. The lowest BCUT2D eigenvalue weighted by Gasteiger charge is -2.14. The van der Waals surface area contributed by atoms with Crippen molar-refractivity contribution in [3.05, 3.63) is 83.8 Å². The van der Waals surface area contributed by atoms with Crippen LogP contribution in [0.5, 0.6) is 17.4 Å². The van der Waals surface area contributed by atoms with Gasteiger partial charge in [-0.3, -0.25) is 4.99 Å². The number of methoxy groups -OCH3 is 1. The summed E-state index contributed by atoms with van der Waals surface area (Å²) in [6.45, 7) is 1.12. The fourth-order valence-corrected chi connectivity index (χ4v) is 2.67. The molecule has 0 saturated heterocycles. The first kappa shape index (κ1) is 20.1. The molecule has 7 heteroatoms.